The highest BCUT2D eigenvalue weighted by molar-refractivity contribution is 7.92. The molecule has 0 amide bonds. The van der Waals surface area contributed by atoms with Gasteiger partial charge >= 0.3 is 0 Å². The van der Waals surface area contributed by atoms with Crippen LogP contribution in [0.25, 0.3) is 11.1 Å². The molecule has 0 radical (unpaired) electrons. The molecule has 2 aromatic carbocycles. The molecule has 0 unspecified atom stereocenters. The maximum absolute atomic E-state index is 13.5. The molecule has 7 heteroatoms. The fraction of sp³-hybridized carbons (Fsp3) is 0.455. The zero-order chi connectivity index (χ0) is 20.2. The van der Waals surface area contributed by atoms with Crippen molar-refractivity contribution in [3.8, 4) is 11.1 Å². The van der Waals surface area contributed by atoms with Gasteiger partial charge in [0, 0.05) is 62.6 Å². The minimum absolute atomic E-state index is 0.166. The van der Waals surface area contributed by atoms with Gasteiger partial charge in [0.05, 0.1) is 10.6 Å². The lowest BCUT2D eigenvalue weighted by Gasteiger charge is -2.33. The molecule has 4 aliphatic rings. The second-order valence-electron chi connectivity index (χ2n) is 8.21. The molecule has 4 heterocycles. The fourth-order valence-corrected chi connectivity index (χ4v) is 6.97. The normalized spacial score (nSPS) is 24.1. The third-order valence-electron chi connectivity index (χ3n) is 6.63. The Morgan fingerprint density at radius 2 is 1.86 bits per heavy atom. The Morgan fingerprint density at radius 1 is 1.07 bits per heavy atom. The molecule has 0 aliphatic carbocycles. The van der Waals surface area contributed by atoms with E-state index in [2.05, 4.69) is 15.9 Å². The Kier molecular flexibility index (Phi) is 4.55. The van der Waals surface area contributed by atoms with Crippen LogP contribution in [-0.2, 0) is 9.84 Å². The molecule has 0 spiro atoms. The molecule has 0 atom stereocenters. The van der Waals surface area contributed by atoms with Crippen molar-refractivity contribution in [2.75, 3.05) is 56.2 Å². The van der Waals surface area contributed by atoms with Crippen molar-refractivity contribution in [1.82, 2.24) is 4.90 Å². The first-order chi connectivity index (χ1) is 14.0. The predicted molar refractivity (Wildman–Crippen MR) is 113 cm³/mol. The molecule has 2 aromatic rings. The van der Waals surface area contributed by atoms with Crippen molar-refractivity contribution >= 4 is 21.2 Å². The average Bonchev–Trinajstić information content (AvgIpc) is 2.93. The van der Waals surface area contributed by atoms with Gasteiger partial charge in [0.2, 0.25) is 9.84 Å². The molecular formula is C22H26FN3O2S. The first kappa shape index (κ1) is 18.9. The largest absolute Gasteiger partial charge is 0.371 e. The number of alkyl halides is 1. The number of halogens is 1. The highest BCUT2D eigenvalue weighted by Crippen LogP contribution is 2.48. The Morgan fingerprint density at radius 3 is 2.62 bits per heavy atom. The lowest BCUT2D eigenvalue weighted by Crippen LogP contribution is -2.37. The highest BCUT2D eigenvalue weighted by Gasteiger charge is 2.37. The van der Waals surface area contributed by atoms with E-state index >= 15 is 0 Å². The van der Waals surface area contributed by atoms with E-state index in [0.717, 1.165) is 55.8 Å². The predicted octanol–water partition coefficient (Wildman–Crippen LogP) is 3.19. The van der Waals surface area contributed by atoms with Crippen LogP contribution in [0.2, 0.25) is 0 Å². The fourth-order valence-electron chi connectivity index (χ4n) is 5.04. The summed E-state index contributed by atoms with van der Waals surface area (Å²) >= 11 is 0. The van der Waals surface area contributed by atoms with Crippen LogP contribution in [0, 0.1) is 0 Å². The summed E-state index contributed by atoms with van der Waals surface area (Å²) in [6.45, 7) is 3.85. The number of hydrogen-bond donors (Lipinski definition) is 0. The molecule has 0 saturated carbocycles. The van der Waals surface area contributed by atoms with Gasteiger partial charge in [-0.1, -0.05) is 18.2 Å². The maximum atomic E-state index is 13.5. The van der Waals surface area contributed by atoms with Crippen molar-refractivity contribution in [1.29, 1.82) is 0 Å². The van der Waals surface area contributed by atoms with Gasteiger partial charge in [-0.2, -0.15) is 0 Å². The topological polar surface area (TPSA) is 43.9 Å². The molecule has 6 rings (SSSR count). The van der Waals surface area contributed by atoms with Crippen molar-refractivity contribution in [3.63, 3.8) is 0 Å². The summed E-state index contributed by atoms with van der Waals surface area (Å²) in [5.74, 6) is 0. The molecular weight excluding hydrogens is 388 g/mol. The van der Waals surface area contributed by atoms with Crippen LogP contribution in [0.3, 0.4) is 0 Å². The highest BCUT2D eigenvalue weighted by atomic mass is 32.2. The Bertz CT molecular complexity index is 1050. The first-order valence-corrected chi connectivity index (χ1v) is 11.8. The van der Waals surface area contributed by atoms with Gasteiger partial charge in [0.1, 0.15) is 11.6 Å². The van der Waals surface area contributed by atoms with E-state index in [9.17, 15) is 12.8 Å². The number of nitrogens with zero attached hydrogens (tertiary/aromatic N) is 3. The average molecular weight is 415 g/mol. The zero-order valence-corrected chi connectivity index (χ0v) is 17.5. The van der Waals surface area contributed by atoms with Crippen LogP contribution < -0.4 is 9.80 Å². The molecule has 0 aromatic heterocycles. The number of piperidine rings is 1. The van der Waals surface area contributed by atoms with E-state index in [1.165, 1.54) is 0 Å². The van der Waals surface area contributed by atoms with Crippen LogP contribution in [0.4, 0.5) is 15.8 Å². The van der Waals surface area contributed by atoms with Gasteiger partial charge in [0.15, 0.2) is 0 Å². The van der Waals surface area contributed by atoms with E-state index < -0.39 is 16.5 Å². The van der Waals surface area contributed by atoms with E-state index in [4.69, 9.17) is 0 Å². The smallest absolute Gasteiger partial charge is 0.209 e. The number of anilines is 2. The SMILES string of the molecule is [11CH3]N(CCF)c1cccc2c1S(=O)(=O)c1cc(N3CCN4CCC3CC4)ccc1-2. The molecule has 2 bridgehead atoms. The molecule has 154 valence electrons. The summed E-state index contributed by atoms with van der Waals surface area (Å²) in [6, 6.07) is 11.8. The van der Waals surface area contributed by atoms with Crippen molar-refractivity contribution < 1.29 is 12.8 Å². The molecule has 0 N–H and O–H groups in total. The minimum Gasteiger partial charge on any atom is -0.371 e. The van der Waals surface area contributed by atoms with E-state index in [-0.39, 0.29) is 6.54 Å². The first-order valence-electron chi connectivity index (χ1n) is 10.3. The monoisotopic (exact) mass is 414 g/mol. The molecule has 4 aliphatic heterocycles. The Balaban J connectivity index is 1.59. The number of hydrogen-bond acceptors (Lipinski definition) is 5. The van der Waals surface area contributed by atoms with Crippen molar-refractivity contribution in [2.24, 2.45) is 0 Å². The summed E-state index contributed by atoms with van der Waals surface area (Å²) in [6.07, 6.45) is 2.25. The van der Waals surface area contributed by atoms with Crippen LogP contribution in [0.5, 0.6) is 0 Å². The van der Waals surface area contributed by atoms with Crippen LogP contribution in [0.1, 0.15) is 12.8 Å². The summed E-state index contributed by atoms with van der Waals surface area (Å²) in [5.41, 5.74) is 3.03. The maximum Gasteiger partial charge on any atom is 0.209 e. The molecule has 3 saturated heterocycles. The number of fused-ring (bicyclic) bond motifs is 7. The van der Waals surface area contributed by atoms with E-state index in [0.29, 0.717) is 21.5 Å². The standard InChI is InChI=1S/C22H26FN3O2S/c1-24(12-9-23)20-4-2-3-19-18-6-5-17(15-21(18)29(27,28)22(19)20)26-14-13-25-10-7-16(26)8-11-25/h2-6,15-16H,7-14H2,1H3/i1-1. The van der Waals surface area contributed by atoms with E-state index in [1.807, 2.05) is 24.3 Å². The third kappa shape index (κ3) is 2.94. The minimum atomic E-state index is -3.64. The second-order valence-corrected chi connectivity index (χ2v) is 10.1. The quantitative estimate of drug-likeness (QED) is 0.656. The number of sulfone groups is 1. The van der Waals surface area contributed by atoms with Gasteiger partial charge < -0.3 is 14.7 Å². The van der Waals surface area contributed by atoms with Gasteiger partial charge in [-0.05, 0) is 31.0 Å². The van der Waals surface area contributed by atoms with Crippen LogP contribution in [0.15, 0.2) is 46.2 Å². The van der Waals surface area contributed by atoms with Crippen molar-refractivity contribution in [2.45, 2.75) is 28.7 Å². The Labute approximate surface area is 171 Å². The summed E-state index contributed by atoms with van der Waals surface area (Å²) < 4.78 is 39.9. The zero-order valence-electron chi connectivity index (χ0n) is 16.6. The lowest BCUT2D eigenvalue weighted by molar-refractivity contribution is 0.250. The van der Waals surface area contributed by atoms with Crippen molar-refractivity contribution in [3.05, 3.63) is 36.4 Å². The molecule has 3 fully saturated rings. The van der Waals surface area contributed by atoms with E-state index in [1.54, 1.807) is 18.0 Å². The Hall–Kier alpha value is -2.12. The number of rotatable bonds is 4. The summed E-state index contributed by atoms with van der Waals surface area (Å²) in [7, 11) is -1.91. The van der Waals surface area contributed by atoms with Crippen LogP contribution in [-0.4, -0.2) is 65.8 Å². The van der Waals surface area contributed by atoms with Gasteiger partial charge in [0.25, 0.3) is 0 Å². The molecule has 5 nitrogen and oxygen atoms in total. The van der Waals surface area contributed by atoms with Crippen LogP contribution >= 0.6 is 0 Å². The van der Waals surface area contributed by atoms with Gasteiger partial charge in [-0.25, -0.2) is 12.8 Å². The van der Waals surface area contributed by atoms with Gasteiger partial charge in [-0.15, -0.1) is 0 Å². The summed E-state index contributed by atoms with van der Waals surface area (Å²) in [4.78, 5) is 7.26. The number of benzene rings is 2. The van der Waals surface area contributed by atoms with Gasteiger partial charge in [-0.3, -0.25) is 0 Å². The summed E-state index contributed by atoms with van der Waals surface area (Å²) in [5, 5.41) is 0. The molecule has 29 heavy (non-hydrogen) atoms. The lowest BCUT2D eigenvalue weighted by atomic mass is 10.0. The third-order valence-corrected chi connectivity index (χ3v) is 8.51. The second kappa shape index (κ2) is 6.99.